The summed E-state index contributed by atoms with van der Waals surface area (Å²) in [5.74, 6) is -1.55. The second kappa shape index (κ2) is 2.36. The van der Waals surface area contributed by atoms with Crippen LogP contribution in [-0.4, -0.2) is 11.1 Å². The molecule has 4 heteroatoms. The Labute approximate surface area is 56.2 Å². The number of carboxylic acid groups (broad SMARTS) is 1. The molecule has 0 unspecified atom stereocenters. The predicted molar refractivity (Wildman–Crippen MR) is 29.6 cm³/mol. The second-order valence-electron chi connectivity index (χ2n) is 2.31. The van der Waals surface area contributed by atoms with Gasteiger partial charge in [0.05, 0.1) is 5.92 Å². The van der Waals surface area contributed by atoms with Crippen LogP contribution in [0.4, 0.5) is 8.78 Å². The molecule has 0 spiro atoms. The Morgan fingerprint density at radius 2 is 2.00 bits per heavy atom. The quantitative estimate of drug-likeness (QED) is 0.613. The molecule has 0 aromatic carbocycles. The summed E-state index contributed by atoms with van der Waals surface area (Å²) in [5.41, 5.74) is -0.00704. The van der Waals surface area contributed by atoms with Gasteiger partial charge in [0.2, 0.25) is 0 Å². The van der Waals surface area contributed by atoms with Crippen LogP contribution in [0.3, 0.4) is 0 Å². The number of rotatable bonds is 1. The molecule has 0 bridgehead atoms. The average Bonchev–Trinajstić information content (AvgIpc) is 1.56. The first-order valence-corrected chi connectivity index (χ1v) is 2.87. The molecule has 0 heterocycles. The van der Waals surface area contributed by atoms with E-state index in [1.807, 2.05) is 0 Å². The number of halogens is 2. The lowest BCUT2D eigenvalue weighted by molar-refractivity contribution is -0.143. The molecule has 0 aromatic rings. The first kappa shape index (κ1) is 7.18. The highest BCUT2D eigenvalue weighted by Crippen LogP contribution is 2.36. The number of aliphatic carboxylic acids is 1. The normalized spacial score (nSPS) is 23.8. The number of carbonyl (C=O) groups is 1. The fourth-order valence-corrected chi connectivity index (χ4v) is 0.864. The zero-order valence-electron chi connectivity index (χ0n) is 5.10. The molecule has 1 aliphatic carbocycles. The van der Waals surface area contributed by atoms with E-state index in [1.54, 1.807) is 0 Å². The average molecular weight is 148 g/mol. The Kier molecular flexibility index (Phi) is 1.70. The Morgan fingerprint density at radius 3 is 2.30 bits per heavy atom. The predicted octanol–water partition coefficient (Wildman–Crippen LogP) is 1.63. The van der Waals surface area contributed by atoms with Crippen LogP contribution < -0.4 is 0 Å². The van der Waals surface area contributed by atoms with Crippen LogP contribution >= 0.6 is 0 Å². The lowest BCUT2D eigenvalue weighted by atomic mass is 9.81. The second-order valence-corrected chi connectivity index (χ2v) is 2.31. The summed E-state index contributed by atoms with van der Waals surface area (Å²) in [6.07, 6.45) is -1.66. The molecule has 0 radical (unpaired) electrons. The summed E-state index contributed by atoms with van der Waals surface area (Å²) in [4.78, 5) is 10.1. The van der Waals surface area contributed by atoms with Crippen LogP contribution in [0.5, 0.6) is 0 Å². The molecular formula is C6H6F2O2. The van der Waals surface area contributed by atoms with Crippen molar-refractivity contribution in [2.75, 3.05) is 0 Å². The molecule has 0 aromatic heterocycles. The van der Waals surface area contributed by atoms with Gasteiger partial charge < -0.3 is 5.11 Å². The third kappa shape index (κ3) is 1.15. The van der Waals surface area contributed by atoms with Gasteiger partial charge in [-0.05, 0) is 18.4 Å². The summed E-state index contributed by atoms with van der Waals surface area (Å²) in [6, 6.07) is 0. The van der Waals surface area contributed by atoms with Crippen LogP contribution in [0.15, 0.2) is 11.7 Å². The van der Waals surface area contributed by atoms with Crippen LogP contribution in [0.2, 0.25) is 0 Å². The SMILES string of the molecule is O=C(O)C1CC(=C(F)F)C1. The summed E-state index contributed by atoms with van der Waals surface area (Å²) < 4.78 is 23.2. The van der Waals surface area contributed by atoms with E-state index in [4.69, 9.17) is 5.11 Å². The molecule has 0 aliphatic heterocycles. The van der Waals surface area contributed by atoms with Crippen LogP contribution in [0.1, 0.15) is 12.8 Å². The molecule has 1 aliphatic rings. The van der Waals surface area contributed by atoms with E-state index in [0.29, 0.717) is 0 Å². The first-order valence-electron chi connectivity index (χ1n) is 2.87. The van der Waals surface area contributed by atoms with Crippen LogP contribution in [-0.2, 0) is 4.79 Å². The third-order valence-electron chi connectivity index (χ3n) is 1.60. The number of hydrogen-bond donors (Lipinski definition) is 1. The molecule has 56 valence electrons. The van der Waals surface area contributed by atoms with E-state index in [0.717, 1.165) is 0 Å². The van der Waals surface area contributed by atoms with Gasteiger partial charge in [-0.1, -0.05) is 0 Å². The summed E-state index contributed by atoms with van der Waals surface area (Å²) in [5, 5.41) is 8.27. The Bertz CT molecular complexity index is 186. The monoisotopic (exact) mass is 148 g/mol. The molecule has 0 saturated heterocycles. The number of allylic oxidation sites excluding steroid dienone is 1. The number of hydrogen-bond acceptors (Lipinski definition) is 1. The molecule has 1 N–H and O–H groups in total. The third-order valence-corrected chi connectivity index (χ3v) is 1.60. The largest absolute Gasteiger partial charge is 0.481 e. The van der Waals surface area contributed by atoms with Crippen molar-refractivity contribution < 1.29 is 18.7 Å². The van der Waals surface area contributed by atoms with E-state index in [-0.39, 0.29) is 18.4 Å². The van der Waals surface area contributed by atoms with Gasteiger partial charge in [-0.25, -0.2) is 0 Å². The van der Waals surface area contributed by atoms with E-state index >= 15 is 0 Å². The zero-order valence-corrected chi connectivity index (χ0v) is 5.10. The van der Waals surface area contributed by atoms with Gasteiger partial charge in [0.25, 0.3) is 6.08 Å². The van der Waals surface area contributed by atoms with E-state index in [9.17, 15) is 13.6 Å². The maximum atomic E-state index is 11.6. The van der Waals surface area contributed by atoms with Crippen molar-refractivity contribution >= 4 is 5.97 Å². The fraction of sp³-hybridized carbons (Fsp3) is 0.500. The highest BCUT2D eigenvalue weighted by molar-refractivity contribution is 5.72. The smallest absolute Gasteiger partial charge is 0.307 e. The highest BCUT2D eigenvalue weighted by Gasteiger charge is 2.32. The van der Waals surface area contributed by atoms with E-state index in [1.165, 1.54) is 0 Å². The number of carboxylic acids is 1. The highest BCUT2D eigenvalue weighted by atomic mass is 19.3. The summed E-state index contributed by atoms with van der Waals surface area (Å²) in [7, 11) is 0. The topological polar surface area (TPSA) is 37.3 Å². The fourth-order valence-electron chi connectivity index (χ4n) is 0.864. The minimum absolute atomic E-state index is 0.00704. The molecule has 1 rings (SSSR count). The van der Waals surface area contributed by atoms with Crippen molar-refractivity contribution in [2.45, 2.75) is 12.8 Å². The van der Waals surface area contributed by atoms with Gasteiger partial charge >= 0.3 is 5.97 Å². The van der Waals surface area contributed by atoms with Crippen molar-refractivity contribution in [3.8, 4) is 0 Å². The van der Waals surface area contributed by atoms with Crippen molar-refractivity contribution in [3.05, 3.63) is 11.7 Å². The zero-order chi connectivity index (χ0) is 7.72. The van der Waals surface area contributed by atoms with Crippen molar-refractivity contribution in [2.24, 2.45) is 5.92 Å². The first-order chi connectivity index (χ1) is 4.61. The minimum atomic E-state index is -1.71. The van der Waals surface area contributed by atoms with Crippen LogP contribution in [0.25, 0.3) is 0 Å². The standard InChI is InChI=1S/C6H6F2O2/c7-5(8)3-1-4(2-3)6(9)10/h4H,1-2H2,(H,9,10). The molecule has 0 atom stereocenters. The van der Waals surface area contributed by atoms with Crippen molar-refractivity contribution in [1.82, 2.24) is 0 Å². The molecule has 0 amide bonds. The Hall–Kier alpha value is -0.930. The summed E-state index contributed by atoms with van der Waals surface area (Å²) >= 11 is 0. The van der Waals surface area contributed by atoms with Gasteiger partial charge in [0, 0.05) is 0 Å². The molecule has 1 fully saturated rings. The van der Waals surface area contributed by atoms with Crippen molar-refractivity contribution in [1.29, 1.82) is 0 Å². The van der Waals surface area contributed by atoms with Crippen LogP contribution in [0, 0.1) is 5.92 Å². The molecular weight excluding hydrogens is 142 g/mol. The summed E-state index contributed by atoms with van der Waals surface area (Å²) in [6.45, 7) is 0. The van der Waals surface area contributed by atoms with Gasteiger partial charge in [0.15, 0.2) is 0 Å². The lowest BCUT2D eigenvalue weighted by Gasteiger charge is -2.23. The Balaban J connectivity index is 2.45. The maximum absolute atomic E-state index is 11.6. The maximum Gasteiger partial charge on any atom is 0.307 e. The minimum Gasteiger partial charge on any atom is -0.481 e. The van der Waals surface area contributed by atoms with Crippen molar-refractivity contribution in [3.63, 3.8) is 0 Å². The molecule has 10 heavy (non-hydrogen) atoms. The molecule has 1 saturated carbocycles. The lowest BCUT2D eigenvalue weighted by Crippen LogP contribution is -2.24. The van der Waals surface area contributed by atoms with Gasteiger partial charge in [-0.2, -0.15) is 8.78 Å². The van der Waals surface area contributed by atoms with Gasteiger partial charge in [-0.15, -0.1) is 0 Å². The van der Waals surface area contributed by atoms with E-state index < -0.39 is 18.0 Å². The molecule has 2 nitrogen and oxygen atoms in total. The van der Waals surface area contributed by atoms with E-state index in [2.05, 4.69) is 0 Å². The van der Waals surface area contributed by atoms with Gasteiger partial charge in [-0.3, -0.25) is 4.79 Å². The Morgan fingerprint density at radius 1 is 1.50 bits per heavy atom. The van der Waals surface area contributed by atoms with Gasteiger partial charge in [0.1, 0.15) is 0 Å².